The van der Waals surface area contributed by atoms with Gasteiger partial charge in [-0.2, -0.15) is 11.8 Å². The second-order valence-electron chi connectivity index (χ2n) is 10.3. The minimum Gasteiger partial charge on any atom is -0.378 e. The molecule has 1 amide bonds. The molecule has 3 aromatic carbocycles. The van der Waals surface area contributed by atoms with E-state index in [2.05, 4.69) is 4.98 Å². The van der Waals surface area contributed by atoms with Gasteiger partial charge in [-0.3, -0.25) is 9.78 Å². The molecular weight excluding hydrogens is 560 g/mol. The largest absolute Gasteiger partial charge is 0.378 e. The number of hydrogen-bond donors (Lipinski definition) is 2. The number of aromatic nitrogens is 2. The van der Waals surface area contributed by atoms with E-state index in [9.17, 15) is 15.0 Å². The second-order valence-corrected chi connectivity index (χ2v) is 11.9. The van der Waals surface area contributed by atoms with Gasteiger partial charge < -0.3 is 19.8 Å². The molecular formula is C31H31ClN4O4S. The van der Waals surface area contributed by atoms with Crippen LogP contribution < -0.4 is 0 Å². The Morgan fingerprint density at radius 2 is 1.76 bits per heavy atom. The lowest BCUT2D eigenvalue weighted by atomic mass is 9.99. The first kappa shape index (κ1) is 28.1. The fourth-order valence-electron chi connectivity index (χ4n) is 5.40. The van der Waals surface area contributed by atoms with Crippen molar-refractivity contribution in [2.45, 2.75) is 12.8 Å². The summed E-state index contributed by atoms with van der Waals surface area (Å²) in [4.78, 5) is 26.2. The SMILES string of the molecule is Cc1cc(-c2cnc3cccc(-c4ccc(C(O)(O)N5CCSCC5)c(Cl)c4)c3n2)ccc1C(=O)N1CCOCC1. The average molecular weight is 591 g/mol. The van der Waals surface area contributed by atoms with Gasteiger partial charge in [-0.25, -0.2) is 9.88 Å². The van der Waals surface area contributed by atoms with Gasteiger partial charge in [0.15, 0.2) is 0 Å². The summed E-state index contributed by atoms with van der Waals surface area (Å²) in [5.41, 5.74) is 6.41. The Kier molecular flexibility index (Phi) is 8.00. The molecule has 0 atom stereocenters. The number of rotatable bonds is 5. The van der Waals surface area contributed by atoms with E-state index in [0.29, 0.717) is 56.2 Å². The Morgan fingerprint density at radius 3 is 2.49 bits per heavy atom. The van der Waals surface area contributed by atoms with Gasteiger partial charge in [-0.05, 0) is 42.3 Å². The molecule has 1 aromatic heterocycles. The van der Waals surface area contributed by atoms with Crippen molar-refractivity contribution in [3.63, 3.8) is 0 Å². The number of hydrogen-bond acceptors (Lipinski definition) is 8. The number of benzene rings is 3. The number of carbonyl (C=O) groups excluding carboxylic acids is 1. The maximum absolute atomic E-state index is 13.0. The van der Waals surface area contributed by atoms with Crippen LogP contribution in [-0.4, -0.2) is 86.8 Å². The molecule has 0 unspecified atom stereocenters. The van der Waals surface area contributed by atoms with Gasteiger partial charge in [-0.1, -0.05) is 41.9 Å². The number of ether oxygens (including phenoxy) is 1. The van der Waals surface area contributed by atoms with Crippen LogP contribution in [0.5, 0.6) is 0 Å². The van der Waals surface area contributed by atoms with E-state index in [1.807, 2.05) is 54.3 Å². The highest BCUT2D eigenvalue weighted by molar-refractivity contribution is 7.99. The zero-order chi connectivity index (χ0) is 28.6. The van der Waals surface area contributed by atoms with Crippen molar-refractivity contribution in [2.24, 2.45) is 0 Å². The maximum Gasteiger partial charge on any atom is 0.254 e. The van der Waals surface area contributed by atoms with E-state index >= 15 is 0 Å². The van der Waals surface area contributed by atoms with Crippen LogP contribution >= 0.6 is 23.4 Å². The molecule has 2 aliphatic heterocycles. The molecule has 2 aliphatic rings. The van der Waals surface area contributed by atoms with Gasteiger partial charge in [0.25, 0.3) is 11.8 Å². The second kappa shape index (κ2) is 11.7. The van der Waals surface area contributed by atoms with Crippen molar-refractivity contribution < 1.29 is 19.7 Å². The smallest absolute Gasteiger partial charge is 0.254 e. The van der Waals surface area contributed by atoms with Gasteiger partial charge in [0.05, 0.1) is 41.2 Å². The number of carbonyl (C=O) groups is 1. The highest BCUT2D eigenvalue weighted by Gasteiger charge is 2.36. The summed E-state index contributed by atoms with van der Waals surface area (Å²) in [6.07, 6.45) is 1.74. The number of morpholine rings is 1. The fourth-order valence-corrected chi connectivity index (χ4v) is 6.62. The number of fused-ring (bicyclic) bond motifs is 1. The standard InChI is InChI=1S/C31H31ClN4O4S/c1-20-17-22(5-7-23(20)30(37)35-9-13-40-14-10-35)28-19-33-27-4-2-3-24(29(27)34-28)21-6-8-25(26(32)18-21)31(38,39)36-11-15-41-16-12-36/h2-8,17-19,38-39H,9-16H2,1H3. The molecule has 0 bridgehead atoms. The molecule has 2 N–H and O–H groups in total. The quantitative estimate of drug-likeness (QED) is 0.327. The summed E-state index contributed by atoms with van der Waals surface area (Å²) in [7, 11) is 0. The van der Waals surface area contributed by atoms with E-state index in [0.717, 1.165) is 39.3 Å². The number of nitrogens with zero attached hydrogens (tertiary/aromatic N) is 4. The summed E-state index contributed by atoms with van der Waals surface area (Å²) in [6, 6.07) is 16.8. The molecule has 0 saturated carbocycles. The minimum atomic E-state index is -2.14. The zero-order valence-corrected chi connectivity index (χ0v) is 24.3. The van der Waals surface area contributed by atoms with E-state index in [-0.39, 0.29) is 16.5 Å². The Hall–Kier alpha value is -3.05. The van der Waals surface area contributed by atoms with Gasteiger partial charge >= 0.3 is 0 Å². The van der Waals surface area contributed by atoms with Crippen LogP contribution in [0.15, 0.2) is 60.8 Å². The summed E-state index contributed by atoms with van der Waals surface area (Å²) in [5.74, 6) is -0.460. The van der Waals surface area contributed by atoms with E-state index in [1.165, 1.54) is 0 Å². The van der Waals surface area contributed by atoms with Crippen molar-refractivity contribution in [2.75, 3.05) is 50.9 Å². The van der Waals surface area contributed by atoms with Crippen LogP contribution in [0.1, 0.15) is 21.5 Å². The number of para-hydroxylation sites is 1. The third kappa shape index (κ3) is 5.58. The van der Waals surface area contributed by atoms with Crippen LogP contribution in [-0.2, 0) is 10.6 Å². The number of amides is 1. The Bertz CT molecular complexity index is 1600. The number of aliphatic hydroxyl groups is 2. The average Bonchev–Trinajstić information content (AvgIpc) is 3.01. The van der Waals surface area contributed by atoms with Crippen LogP contribution in [0, 0.1) is 6.92 Å². The number of halogens is 1. The van der Waals surface area contributed by atoms with Crippen LogP contribution in [0.4, 0.5) is 0 Å². The van der Waals surface area contributed by atoms with Crippen LogP contribution in [0.3, 0.4) is 0 Å². The molecule has 3 heterocycles. The van der Waals surface area contributed by atoms with Crippen LogP contribution in [0.25, 0.3) is 33.4 Å². The minimum absolute atomic E-state index is 0.0125. The first-order valence-electron chi connectivity index (χ1n) is 13.6. The molecule has 41 heavy (non-hydrogen) atoms. The summed E-state index contributed by atoms with van der Waals surface area (Å²) in [6.45, 7) is 5.39. The summed E-state index contributed by atoms with van der Waals surface area (Å²) in [5, 5.41) is 22.2. The van der Waals surface area contributed by atoms with Crippen molar-refractivity contribution in [3.05, 3.63) is 82.5 Å². The molecule has 0 spiro atoms. The van der Waals surface area contributed by atoms with Gasteiger partial charge in [0.2, 0.25) is 0 Å². The van der Waals surface area contributed by atoms with E-state index in [1.54, 1.807) is 35.0 Å². The van der Waals surface area contributed by atoms with Gasteiger partial charge in [0, 0.05) is 59.9 Å². The van der Waals surface area contributed by atoms with Crippen molar-refractivity contribution in [1.29, 1.82) is 0 Å². The van der Waals surface area contributed by atoms with Crippen LogP contribution in [0.2, 0.25) is 5.02 Å². The molecule has 6 rings (SSSR count). The van der Waals surface area contributed by atoms with Crippen molar-refractivity contribution >= 4 is 40.3 Å². The van der Waals surface area contributed by atoms with Crippen molar-refractivity contribution in [1.82, 2.24) is 19.8 Å². The topological polar surface area (TPSA) is 99.0 Å². The Labute approximate surface area is 247 Å². The van der Waals surface area contributed by atoms with E-state index in [4.69, 9.17) is 21.3 Å². The molecule has 2 fully saturated rings. The zero-order valence-electron chi connectivity index (χ0n) is 22.7. The third-order valence-electron chi connectivity index (χ3n) is 7.72. The first-order valence-corrected chi connectivity index (χ1v) is 15.2. The Morgan fingerprint density at radius 1 is 1.00 bits per heavy atom. The molecule has 4 aromatic rings. The molecule has 0 aliphatic carbocycles. The third-order valence-corrected chi connectivity index (χ3v) is 8.97. The van der Waals surface area contributed by atoms with Gasteiger partial charge in [0.1, 0.15) is 0 Å². The monoisotopic (exact) mass is 590 g/mol. The molecule has 0 radical (unpaired) electrons. The lowest BCUT2D eigenvalue weighted by Gasteiger charge is -2.38. The first-order chi connectivity index (χ1) is 19.8. The lowest BCUT2D eigenvalue weighted by molar-refractivity contribution is -0.273. The molecule has 10 heteroatoms. The summed E-state index contributed by atoms with van der Waals surface area (Å²) < 4.78 is 5.38. The normalized spacial score (nSPS) is 16.7. The lowest BCUT2D eigenvalue weighted by Crippen LogP contribution is -2.50. The fraction of sp³-hybridized carbons (Fsp3) is 0.323. The molecule has 8 nitrogen and oxygen atoms in total. The number of aryl methyl sites for hydroxylation is 1. The Balaban J connectivity index is 1.32. The predicted octanol–water partition coefficient (Wildman–Crippen LogP) is 4.54. The van der Waals surface area contributed by atoms with Crippen molar-refractivity contribution in [3.8, 4) is 22.4 Å². The molecule has 2 saturated heterocycles. The highest BCUT2D eigenvalue weighted by atomic mass is 35.5. The predicted molar refractivity (Wildman–Crippen MR) is 162 cm³/mol. The highest BCUT2D eigenvalue weighted by Crippen LogP contribution is 2.36. The number of thioether (sulfide) groups is 1. The summed E-state index contributed by atoms with van der Waals surface area (Å²) >= 11 is 8.44. The van der Waals surface area contributed by atoms with Gasteiger partial charge in [-0.15, -0.1) is 0 Å². The maximum atomic E-state index is 13.0. The van der Waals surface area contributed by atoms with E-state index < -0.39 is 5.91 Å². The molecule has 212 valence electrons.